The van der Waals surface area contributed by atoms with Gasteiger partial charge in [0.25, 0.3) is 0 Å². The third-order valence-corrected chi connectivity index (χ3v) is 5.25. The molecule has 1 aliphatic rings. The third kappa shape index (κ3) is 3.86. The van der Waals surface area contributed by atoms with Gasteiger partial charge in [-0.3, -0.25) is 4.79 Å². The van der Waals surface area contributed by atoms with Crippen LogP contribution in [0.25, 0.3) is 6.08 Å². The molecule has 0 unspecified atom stereocenters. The molecule has 0 saturated heterocycles. The van der Waals surface area contributed by atoms with E-state index in [0.29, 0.717) is 43.8 Å². The molecule has 6 heteroatoms. The average molecular weight is 429 g/mol. The molecule has 1 heterocycles. The molecule has 0 amide bonds. The highest BCUT2D eigenvalue weighted by Gasteiger charge is 2.30. The first-order valence-corrected chi connectivity index (χ1v) is 9.59. The van der Waals surface area contributed by atoms with Crippen molar-refractivity contribution in [2.75, 3.05) is 0 Å². The van der Waals surface area contributed by atoms with Crippen molar-refractivity contribution in [1.82, 2.24) is 0 Å². The van der Waals surface area contributed by atoms with Gasteiger partial charge in [0.05, 0.1) is 5.56 Å². The van der Waals surface area contributed by atoms with E-state index in [4.69, 9.17) is 32.7 Å². The summed E-state index contributed by atoms with van der Waals surface area (Å²) in [5.41, 5.74) is 2.35. The lowest BCUT2D eigenvalue weighted by atomic mass is 10.1. The van der Waals surface area contributed by atoms with Crippen molar-refractivity contribution in [2.24, 2.45) is 0 Å². The second-order valence-electron chi connectivity index (χ2n) is 6.56. The fourth-order valence-corrected chi connectivity index (χ4v) is 3.60. The van der Waals surface area contributed by atoms with Crippen LogP contribution in [-0.2, 0) is 6.61 Å². The van der Waals surface area contributed by atoms with Crippen molar-refractivity contribution in [2.45, 2.75) is 13.5 Å². The summed E-state index contributed by atoms with van der Waals surface area (Å²) in [5, 5.41) is 0.849. The zero-order valence-electron chi connectivity index (χ0n) is 15.3. The van der Waals surface area contributed by atoms with Gasteiger partial charge < -0.3 is 9.47 Å². The molecule has 0 atom stereocenters. The minimum atomic E-state index is -0.321. The normalized spacial score (nSPS) is 14.1. The van der Waals surface area contributed by atoms with E-state index in [9.17, 15) is 9.18 Å². The zero-order valence-corrected chi connectivity index (χ0v) is 16.9. The third-order valence-electron chi connectivity index (χ3n) is 4.60. The van der Waals surface area contributed by atoms with Crippen molar-refractivity contribution < 1.29 is 18.7 Å². The van der Waals surface area contributed by atoms with Crippen LogP contribution in [0.2, 0.25) is 10.0 Å². The van der Waals surface area contributed by atoms with E-state index in [0.717, 1.165) is 0 Å². The number of carbonyl (C=O) groups is 1. The van der Waals surface area contributed by atoms with E-state index < -0.39 is 0 Å². The predicted molar refractivity (Wildman–Crippen MR) is 111 cm³/mol. The van der Waals surface area contributed by atoms with Crippen LogP contribution in [0.3, 0.4) is 0 Å². The van der Waals surface area contributed by atoms with Gasteiger partial charge in [-0.1, -0.05) is 41.4 Å². The number of rotatable bonds is 4. The quantitative estimate of drug-likeness (QED) is 0.437. The Hall–Kier alpha value is -2.82. The Kier molecular flexibility index (Phi) is 5.31. The smallest absolute Gasteiger partial charge is 0.231 e. The highest BCUT2D eigenvalue weighted by Crippen LogP contribution is 2.40. The van der Waals surface area contributed by atoms with Crippen LogP contribution < -0.4 is 9.47 Å². The number of ether oxygens (including phenoxy) is 2. The Morgan fingerprint density at radius 1 is 1.07 bits per heavy atom. The molecule has 0 spiro atoms. The van der Waals surface area contributed by atoms with Crippen LogP contribution in [0, 0.1) is 12.7 Å². The van der Waals surface area contributed by atoms with Gasteiger partial charge in [0.15, 0.2) is 5.76 Å². The van der Waals surface area contributed by atoms with Gasteiger partial charge in [0.2, 0.25) is 5.78 Å². The van der Waals surface area contributed by atoms with E-state index in [-0.39, 0.29) is 24.0 Å². The molecule has 0 aliphatic carbocycles. The van der Waals surface area contributed by atoms with Crippen LogP contribution in [0.1, 0.15) is 27.0 Å². The number of ketones is 1. The molecule has 3 aromatic carbocycles. The summed E-state index contributed by atoms with van der Waals surface area (Å²) in [6.07, 6.45) is 1.54. The van der Waals surface area contributed by atoms with Crippen molar-refractivity contribution >= 4 is 35.1 Å². The number of hydrogen-bond donors (Lipinski definition) is 0. The summed E-state index contributed by atoms with van der Waals surface area (Å²) in [7, 11) is 0. The highest BCUT2D eigenvalue weighted by atomic mass is 35.5. The first-order valence-electron chi connectivity index (χ1n) is 8.83. The Labute approximate surface area is 177 Å². The molecule has 0 bridgehead atoms. The van der Waals surface area contributed by atoms with Crippen molar-refractivity contribution in [3.63, 3.8) is 0 Å². The number of fused-ring (bicyclic) bond motifs is 1. The molecular formula is C23H15Cl2FO3. The number of carbonyl (C=O) groups excluding carboxylic acids is 1. The summed E-state index contributed by atoms with van der Waals surface area (Å²) < 4.78 is 25.0. The van der Waals surface area contributed by atoms with Crippen LogP contribution >= 0.6 is 23.2 Å². The van der Waals surface area contributed by atoms with Crippen LogP contribution in [0.4, 0.5) is 4.39 Å². The minimum Gasteiger partial charge on any atom is -0.488 e. The lowest BCUT2D eigenvalue weighted by Gasteiger charge is -2.11. The Bertz CT molecular complexity index is 1130. The van der Waals surface area contributed by atoms with E-state index in [1.54, 1.807) is 55.5 Å². The Balaban J connectivity index is 1.61. The summed E-state index contributed by atoms with van der Waals surface area (Å²) in [6, 6.07) is 14.7. The lowest BCUT2D eigenvalue weighted by Crippen LogP contribution is -1.99. The van der Waals surface area contributed by atoms with Crippen molar-refractivity contribution in [3.8, 4) is 11.5 Å². The van der Waals surface area contributed by atoms with Crippen LogP contribution in [-0.4, -0.2) is 5.78 Å². The summed E-state index contributed by atoms with van der Waals surface area (Å²) in [5.74, 6) is 0.550. The number of halogens is 3. The first-order chi connectivity index (χ1) is 13.9. The molecule has 146 valence electrons. The maximum Gasteiger partial charge on any atom is 0.231 e. The van der Waals surface area contributed by atoms with Gasteiger partial charge in [0.1, 0.15) is 23.9 Å². The van der Waals surface area contributed by atoms with Gasteiger partial charge in [-0.2, -0.15) is 0 Å². The van der Waals surface area contributed by atoms with Crippen molar-refractivity contribution in [3.05, 3.63) is 98.5 Å². The topological polar surface area (TPSA) is 35.5 Å². The van der Waals surface area contributed by atoms with E-state index >= 15 is 0 Å². The number of Topliss-reactive ketones (excluding diaryl/α,β-unsaturated/α-hetero) is 1. The maximum atomic E-state index is 13.3. The van der Waals surface area contributed by atoms with Crippen LogP contribution in [0.5, 0.6) is 11.5 Å². The number of benzene rings is 3. The van der Waals surface area contributed by atoms with Crippen LogP contribution in [0.15, 0.2) is 60.4 Å². The largest absolute Gasteiger partial charge is 0.488 e. The molecule has 3 nitrogen and oxygen atoms in total. The molecule has 29 heavy (non-hydrogen) atoms. The number of allylic oxidation sites excluding steroid dienone is 1. The second-order valence-corrected chi connectivity index (χ2v) is 7.37. The summed E-state index contributed by atoms with van der Waals surface area (Å²) in [6.45, 7) is 2.00. The average Bonchev–Trinajstić information content (AvgIpc) is 3.01. The molecule has 4 rings (SSSR count). The fourth-order valence-electron chi connectivity index (χ4n) is 3.09. The molecular weight excluding hydrogens is 414 g/mol. The van der Waals surface area contributed by atoms with Gasteiger partial charge in [-0.15, -0.1) is 0 Å². The SMILES string of the molecule is Cc1c(OCc2cccc(F)c2)ccc2c1O/C(=C\c1c(Cl)cccc1Cl)C2=O. The fraction of sp³-hybridized carbons (Fsp3) is 0.0870. The first kappa shape index (κ1) is 19.5. The Morgan fingerprint density at radius 3 is 2.52 bits per heavy atom. The predicted octanol–water partition coefficient (Wildman–Crippen LogP) is 6.64. The van der Waals surface area contributed by atoms with E-state index in [1.165, 1.54) is 12.1 Å². The van der Waals surface area contributed by atoms with Gasteiger partial charge >= 0.3 is 0 Å². The van der Waals surface area contributed by atoms with Gasteiger partial charge in [-0.05, 0) is 55.0 Å². The molecule has 0 fully saturated rings. The summed E-state index contributed by atoms with van der Waals surface area (Å²) in [4.78, 5) is 12.7. The monoisotopic (exact) mass is 428 g/mol. The van der Waals surface area contributed by atoms with Crippen molar-refractivity contribution in [1.29, 1.82) is 0 Å². The zero-order chi connectivity index (χ0) is 20.5. The highest BCUT2D eigenvalue weighted by molar-refractivity contribution is 6.37. The van der Waals surface area contributed by atoms with E-state index in [1.807, 2.05) is 0 Å². The molecule has 0 aromatic heterocycles. The maximum absolute atomic E-state index is 13.3. The minimum absolute atomic E-state index is 0.139. The summed E-state index contributed by atoms with van der Waals surface area (Å²) >= 11 is 12.4. The molecule has 0 N–H and O–H groups in total. The second kappa shape index (κ2) is 7.90. The molecule has 3 aromatic rings. The molecule has 0 saturated carbocycles. The molecule has 0 radical (unpaired) electrons. The van der Waals surface area contributed by atoms with E-state index in [2.05, 4.69) is 0 Å². The lowest BCUT2D eigenvalue weighted by molar-refractivity contribution is 0.101. The van der Waals surface area contributed by atoms with Gasteiger partial charge in [-0.25, -0.2) is 4.39 Å². The Morgan fingerprint density at radius 2 is 1.79 bits per heavy atom. The number of hydrogen-bond acceptors (Lipinski definition) is 3. The standard InChI is InChI=1S/C23H15Cl2FO3/c1-13-20(28-12-14-4-2-5-15(26)10-14)9-8-16-22(27)21(29-23(13)16)11-17-18(24)6-3-7-19(17)25/h2-11H,12H2,1H3/b21-11-. The molecule has 1 aliphatic heterocycles. The van der Waals surface area contributed by atoms with Gasteiger partial charge in [0, 0.05) is 21.2 Å².